The summed E-state index contributed by atoms with van der Waals surface area (Å²) in [6, 6.07) is 5.02. The van der Waals surface area contributed by atoms with Gasteiger partial charge in [-0.05, 0) is 25.5 Å². The molecular weight excluding hydrogens is 303 g/mol. The number of hydrogen-bond donors (Lipinski definition) is 2. The Morgan fingerprint density at radius 2 is 2.04 bits per heavy atom. The molecule has 0 saturated heterocycles. The zero-order valence-corrected chi connectivity index (χ0v) is 13.0. The lowest BCUT2D eigenvalue weighted by molar-refractivity contribution is -0.139. The summed E-state index contributed by atoms with van der Waals surface area (Å²) < 4.78 is 24.0. The van der Waals surface area contributed by atoms with Crippen LogP contribution in [0.2, 0.25) is 0 Å². The molecule has 6 nitrogen and oxygen atoms in total. The molecule has 0 saturated carbocycles. The lowest BCUT2D eigenvalue weighted by Crippen LogP contribution is -2.51. The Bertz CT molecular complexity index is 630. The molecule has 124 valence electrons. The van der Waals surface area contributed by atoms with Gasteiger partial charge in [0.2, 0.25) is 0 Å². The molecule has 0 aliphatic carbocycles. The van der Waals surface area contributed by atoms with Crippen LogP contribution in [0.5, 0.6) is 5.75 Å². The Hall–Kier alpha value is -2.57. The first-order valence-corrected chi connectivity index (χ1v) is 7.41. The zero-order chi connectivity index (χ0) is 16.8. The molecule has 0 spiro atoms. The third-order valence-corrected chi connectivity index (χ3v) is 3.36. The first-order valence-electron chi connectivity index (χ1n) is 7.41. The van der Waals surface area contributed by atoms with E-state index in [-0.39, 0.29) is 24.7 Å². The topological polar surface area (TPSA) is 76.7 Å². The van der Waals surface area contributed by atoms with Crippen molar-refractivity contribution in [3.63, 3.8) is 0 Å². The summed E-state index contributed by atoms with van der Waals surface area (Å²) in [5, 5.41) is 5.20. The lowest BCUT2D eigenvalue weighted by Gasteiger charge is -2.28. The predicted molar refractivity (Wildman–Crippen MR) is 81.3 cm³/mol. The maximum atomic E-state index is 13.6. The molecule has 0 bridgehead atoms. The van der Waals surface area contributed by atoms with E-state index in [0.29, 0.717) is 12.0 Å². The van der Waals surface area contributed by atoms with E-state index in [2.05, 4.69) is 10.6 Å². The van der Waals surface area contributed by atoms with E-state index < -0.39 is 23.9 Å². The van der Waals surface area contributed by atoms with Crippen LogP contribution < -0.4 is 15.4 Å². The van der Waals surface area contributed by atoms with Crippen LogP contribution in [0.3, 0.4) is 0 Å². The molecule has 23 heavy (non-hydrogen) atoms. The fraction of sp³-hybridized carbons (Fsp3) is 0.375. The third kappa shape index (κ3) is 4.00. The second kappa shape index (κ2) is 7.62. The van der Waals surface area contributed by atoms with Crippen LogP contribution in [0, 0.1) is 5.82 Å². The van der Waals surface area contributed by atoms with Crippen LogP contribution >= 0.6 is 0 Å². The van der Waals surface area contributed by atoms with Crippen LogP contribution in [-0.2, 0) is 9.53 Å². The fourth-order valence-electron chi connectivity index (χ4n) is 2.29. The lowest BCUT2D eigenvalue weighted by atomic mass is 10.0. The zero-order valence-electron chi connectivity index (χ0n) is 13.0. The van der Waals surface area contributed by atoms with E-state index >= 15 is 0 Å². The minimum absolute atomic E-state index is 0.0454. The Morgan fingerprint density at radius 3 is 2.70 bits per heavy atom. The summed E-state index contributed by atoms with van der Waals surface area (Å²) in [5.41, 5.74) is 0.576. The second-order valence-corrected chi connectivity index (χ2v) is 4.89. The molecule has 2 amide bonds. The van der Waals surface area contributed by atoms with E-state index in [9.17, 15) is 14.0 Å². The minimum atomic E-state index is -0.529. The number of nitrogens with one attached hydrogen (secondary N) is 2. The number of esters is 1. The number of amides is 2. The van der Waals surface area contributed by atoms with Gasteiger partial charge in [-0.2, -0.15) is 0 Å². The summed E-state index contributed by atoms with van der Waals surface area (Å²) in [7, 11) is 0. The fourth-order valence-corrected chi connectivity index (χ4v) is 2.29. The SMILES string of the molecule is CCOC(=O)C1=C(COc2ccccc2F)NC(=O)N[C@H]1CC. The number of para-hydroxylation sites is 1. The van der Waals surface area contributed by atoms with Gasteiger partial charge in [0.1, 0.15) is 6.61 Å². The molecule has 0 fully saturated rings. The van der Waals surface area contributed by atoms with Crippen molar-refractivity contribution in [1.29, 1.82) is 0 Å². The molecule has 1 aromatic rings. The van der Waals surface area contributed by atoms with Gasteiger partial charge in [-0.1, -0.05) is 19.1 Å². The Labute approximate surface area is 133 Å². The summed E-state index contributed by atoms with van der Waals surface area (Å²) in [5.74, 6) is -0.999. The van der Waals surface area contributed by atoms with Gasteiger partial charge in [0.25, 0.3) is 0 Å². The monoisotopic (exact) mass is 322 g/mol. The van der Waals surface area contributed by atoms with Crippen LogP contribution in [0.15, 0.2) is 35.5 Å². The van der Waals surface area contributed by atoms with Crippen LogP contribution in [-0.4, -0.2) is 31.3 Å². The number of hydrogen-bond acceptors (Lipinski definition) is 4. The highest BCUT2D eigenvalue weighted by Crippen LogP contribution is 2.20. The molecule has 1 aliphatic heterocycles. The number of carbonyl (C=O) groups is 2. The van der Waals surface area contributed by atoms with Crippen molar-refractivity contribution in [3.8, 4) is 5.75 Å². The molecule has 0 aromatic heterocycles. The second-order valence-electron chi connectivity index (χ2n) is 4.89. The van der Waals surface area contributed by atoms with E-state index in [1.807, 2.05) is 6.92 Å². The van der Waals surface area contributed by atoms with Crippen molar-refractivity contribution in [2.24, 2.45) is 0 Å². The molecule has 1 heterocycles. The Balaban J connectivity index is 2.26. The molecule has 1 atom stereocenters. The number of benzene rings is 1. The number of rotatable bonds is 6. The van der Waals surface area contributed by atoms with Crippen molar-refractivity contribution < 1.29 is 23.5 Å². The number of carbonyl (C=O) groups excluding carboxylic acids is 2. The van der Waals surface area contributed by atoms with Crippen LogP contribution in [0.4, 0.5) is 9.18 Å². The van der Waals surface area contributed by atoms with Crippen molar-refractivity contribution in [2.45, 2.75) is 26.3 Å². The highest BCUT2D eigenvalue weighted by Gasteiger charge is 2.31. The average Bonchev–Trinajstić information content (AvgIpc) is 2.53. The highest BCUT2D eigenvalue weighted by atomic mass is 19.1. The van der Waals surface area contributed by atoms with Crippen molar-refractivity contribution in [3.05, 3.63) is 41.4 Å². The smallest absolute Gasteiger partial charge is 0.338 e. The molecule has 0 radical (unpaired) electrons. The minimum Gasteiger partial charge on any atom is -0.484 e. The summed E-state index contributed by atoms with van der Waals surface area (Å²) in [4.78, 5) is 23.9. The molecular formula is C16H19FN2O4. The number of halogens is 1. The predicted octanol–water partition coefficient (Wildman–Crippen LogP) is 2.11. The maximum Gasteiger partial charge on any atom is 0.338 e. The van der Waals surface area contributed by atoms with Gasteiger partial charge in [0.05, 0.1) is 23.9 Å². The van der Waals surface area contributed by atoms with Gasteiger partial charge >= 0.3 is 12.0 Å². The Morgan fingerprint density at radius 1 is 1.30 bits per heavy atom. The molecule has 2 N–H and O–H groups in total. The van der Waals surface area contributed by atoms with Gasteiger partial charge in [-0.15, -0.1) is 0 Å². The summed E-state index contributed by atoms with van der Waals surface area (Å²) in [6.07, 6.45) is 0.519. The number of urea groups is 1. The van der Waals surface area contributed by atoms with Gasteiger partial charge in [-0.25, -0.2) is 14.0 Å². The van der Waals surface area contributed by atoms with Gasteiger partial charge in [-0.3, -0.25) is 0 Å². The molecule has 7 heteroatoms. The van der Waals surface area contributed by atoms with Gasteiger partial charge in [0, 0.05) is 0 Å². The summed E-state index contributed by atoms with van der Waals surface area (Å²) >= 11 is 0. The van der Waals surface area contributed by atoms with Crippen molar-refractivity contribution in [1.82, 2.24) is 10.6 Å². The van der Waals surface area contributed by atoms with Crippen molar-refractivity contribution >= 4 is 12.0 Å². The molecule has 2 rings (SSSR count). The van der Waals surface area contributed by atoms with Crippen LogP contribution in [0.25, 0.3) is 0 Å². The van der Waals surface area contributed by atoms with E-state index in [0.717, 1.165) is 0 Å². The van der Waals surface area contributed by atoms with E-state index in [1.165, 1.54) is 12.1 Å². The first kappa shape index (κ1) is 16.8. The highest BCUT2D eigenvalue weighted by molar-refractivity contribution is 5.94. The maximum absolute atomic E-state index is 13.6. The first-order chi connectivity index (χ1) is 11.1. The largest absolute Gasteiger partial charge is 0.484 e. The third-order valence-electron chi connectivity index (χ3n) is 3.36. The Kier molecular flexibility index (Phi) is 5.56. The van der Waals surface area contributed by atoms with Crippen molar-refractivity contribution in [2.75, 3.05) is 13.2 Å². The average molecular weight is 322 g/mol. The van der Waals surface area contributed by atoms with Gasteiger partial charge < -0.3 is 20.1 Å². The van der Waals surface area contributed by atoms with Gasteiger partial charge in [0.15, 0.2) is 11.6 Å². The molecule has 1 aliphatic rings. The number of ether oxygens (including phenoxy) is 2. The summed E-state index contributed by atoms with van der Waals surface area (Å²) in [6.45, 7) is 3.61. The normalized spacial score (nSPS) is 17.3. The van der Waals surface area contributed by atoms with E-state index in [1.54, 1.807) is 19.1 Å². The molecule has 0 unspecified atom stereocenters. The van der Waals surface area contributed by atoms with Crippen LogP contribution in [0.1, 0.15) is 20.3 Å². The quantitative estimate of drug-likeness (QED) is 0.787. The standard InChI is InChI=1S/C16H19FN2O4/c1-3-11-14(15(20)22-4-2)12(19-16(21)18-11)9-23-13-8-6-5-7-10(13)17/h5-8,11H,3-4,9H2,1-2H3,(H2,18,19,21)/t11-/m0/s1. The molecule has 1 aromatic carbocycles. The van der Waals surface area contributed by atoms with E-state index in [4.69, 9.17) is 9.47 Å².